The first kappa shape index (κ1) is 19.2. The molecule has 3 nitrogen and oxygen atoms in total. The summed E-state index contributed by atoms with van der Waals surface area (Å²) >= 11 is 0. The fraction of sp³-hybridized carbons (Fsp3) is 0.588. The first-order valence-corrected chi connectivity index (χ1v) is 7.75. The molecule has 2 N–H and O–H groups in total. The van der Waals surface area contributed by atoms with E-state index >= 15 is 0 Å². The Balaban J connectivity index is 0.00000242. The predicted octanol–water partition coefficient (Wildman–Crippen LogP) is 3.83. The molecule has 0 bridgehead atoms. The lowest BCUT2D eigenvalue weighted by molar-refractivity contribution is 0.470. The molecule has 1 aliphatic rings. The van der Waals surface area contributed by atoms with E-state index in [9.17, 15) is 4.39 Å². The van der Waals surface area contributed by atoms with Crippen LogP contribution in [-0.4, -0.2) is 25.6 Å². The zero-order valence-electron chi connectivity index (χ0n) is 13.7. The topological polar surface area (TPSA) is 36.4 Å². The molecule has 1 fully saturated rings. The normalized spacial score (nSPS) is 16.3. The van der Waals surface area contributed by atoms with Crippen LogP contribution in [0.3, 0.4) is 0 Å². The molecular formula is C17H27FIN3. The molecule has 5 heteroatoms. The zero-order chi connectivity index (χ0) is 15.3. The summed E-state index contributed by atoms with van der Waals surface area (Å²) in [6.07, 6.45) is 4.99. The summed E-state index contributed by atoms with van der Waals surface area (Å²) in [5, 5.41) is 6.78. The lowest BCUT2D eigenvalue weighted by Crippen LogP contribution is -2.46. The Morgan fingerprint density at radius 2 is 1.91 bits per heavy atom. The van der Waals surface area contributed by atoms with Gasteiger partial charge in [0, 0.05) is 25.0 Å². The molecule has 0 atom stereocenters. The van der Waals surface area contributed by atoms with Crippen LogP contribution in [0.4, 0.5) is 4.39 Å². The van der Waals surface area contributed by atoms with Crippen LogP contribution in [0, 0.1) is 5.82 Å². The van der Waals surface area contributed by atoms with Crippen LogP contribution in [0.5, 0.6) is 0 Å². The fourth-order valence-corrected chi connectivity index (χ4v) is 2.87. The minimum absolute atomic E-state index is 0. The summed E-state index contributed by atoms with van der Waals surface area (Å²) in [7, 11) is 1.78. The number of aliphatic imine (C=N–C) groups is 1. The molecule has 0 unspecified atom stereocenters. The smallest absolute Gasteiger partial charge is 0.191 e. The molecule has 1 aliphatic carbocycles. The van der Waals surface area contributed by atoms with Crippen molar-refractivity contribution in [1.82, 2.24) is 10.6 Å². The SMILES string of the molecule is CN=C(NCC(C)(C)c1ccccc1F)NC1CCCC1.I. The van der Waals surface area contributed by atoms with Crippen LogP contribution >= 0.6 is 24.0 Å². The Hall–Kier alpha value is -0.850. The molecule has 22 heavy (non-hydrogen) atoms. The van der Waals surface area contributed by atoms with Crippen LogP contribution in [0.1, 0.15) is 45.1 Å². The molecule has 124 valence electrons. The molecule has 0 heterocycles. The van der Waals surface area contributed by atoms with Gasteiger partial charge in [0.25, 0.3) is 0 Å². The van der Waals surface area contributed by atoms with Crippen molar-refractivity contribution in [2.75, 3.05) is 13.6 Å². The van der Waals surface area contributed by atoms with Crippen molar-refractivity contribution in [2.24, 2.45) is 4.99 Å². The highest BCUT2D eigenvalue weighted by molar-refractivity contribution is 14.0. The van der Waals surface area contributed by atoms with Crippen molar-refractivity contribution in [2.45, 2.75) is 51.0 Å². The third-order valence-electron chi connectivity index (χ3n) is 4.22. The van der Waals surface area contributed by atoms with E-state index in [-0.39, 0.29) is 35.2 Å². The van der Waals surface area contributed by atoms with Crippen molar-refractivity contribution < 1.29 is 4.39 Å². The Kier molecular flexibility index (Phi) is 7.59. The van der Waals surface area contributed by atoms with Crippen LogP contribution in [0.15, 0.2) is 29.3 Å². The number of benzene rings is 1. The summed E-state index contributed by atoms with van der Waals surface area (Å²) < 4.78 is 13.9. The lowest BCUT2D eigenvalue weighted by atomic mass is 9.84. The molecule has 0 spiro atoms. The predicted molar refractivity (Wildman–Crippen MR) is 102 cm³/mol. The number of guanidine groups is 1. The number of nitrogens with one attached hydrogen (secondary N) is 2. The minimum atomic E-state index is -0.293. The highest BCUT2D eigenvalue weighted by Gasteiger charge is 2.24. The van der Waals surface area contributed by atoms with Gasteiger partial charge in [0.2, 0.25) is 0 Å². The molecule has 0 aliphatic heterocycles. The van der Waals surface area contributed by atoms with Gasteiger partial charge >= 0.3 is 0 Å². The number of nitrogens with zero attached hydrogens (tertiary/aromatic N) is 1. The van der Waals surface area contributed by atoms with Gasteiger partial charge in [-0.25, -0.2) is 4.39 Å². The van der Waals surface area contributed by atoms with Gasteiger partial charge in [-0.1, -0.05) is 44.9 Å². The van der Waals surface area contributed by atoms with Gasteiger partial charge in [-0.05, 0) is 24.5 Å². The van der Waals surface area contributed by atoms with Crippen LogP contribution < -0.4 is 10.6 Å². The molecule has 0 saturated heterocycles. The van der Waals surface area contributed by atoms with E-state index in [0.29, 0.717) is 12.6 Å². The van der Waals surface area contributed by atoms with E-state index in [1.54, 1.807) is 13.1 Å². The van der Waals surface area contributed by atoms with E-state index in [1.807, 2.05) is 26.0 Å². The maximum atomic E-state index is 13.9. The minimum Gasteiger partial charge on any atom is -0.356 e. The van der Waals surface area contributed by atoms with Gasteiger partial charge in [-0.3, -0.25) is 4.99 Å². The molecule has 0 aromatic heterocycles. The molecule has 1 aromatic carbocycles. The molecular weight excluding hydrogens is 392 g/mol. The van der Waals surface area contributed by atoms with Gasteiger partial charge in [0.15, 0.2) is 5.96 Å². The van der Waals surface area contributed by atoms with Gasteiger partial charge in [0.1, 0.15) is 5.82 Å². The highest BCUT2D eigenvalue weighted by Crippen LogP contribution is 2.24. The fourth-order valence-electron chi connectivity index (χ4n) is 2.87. The average Bonchev–Trinajstić information content (AvgIpc) is 2.96. The maximum absolute atomic E-state index is 13.9. The standard InChI is InChI=1S/C17H26FN3.HI/c1-17(2,14-10-6-7-11-15(14)18)12-20-16(19-3)21-13-8-4-5-9-13;/h6-7,10-11,13H,4-5,8-9,12H2,1-3H3,(H2,19,20,21);1H. The van der Waals surface area contributed by atoms with Gasteiger partial charge in [0.05, 0.1) is 0 Å². The molecule has 0 radical (unpaired) electrons. The third-order valence-corrected chi connectivity index (χ3v) is 4.22. The van der Waals surface area contributed by atoms with Crippen LogP contribution in [0.2, 0.25) is 0 Å². The molecule has 1 aromatic rings. The van der Waals surface area contributed by atoms with Crippen molar-refractivity contribution in [3.05, 3.63) is 35.6 Å². The number of hydrogen-bond acceptors (Lipinski definition) is 1. The number of halogens is 2. The quantitative estimate of drug-likeness (QED) is 0.442. The Morgan fingerprint density at radius 3 is 2.50 bits per heavy atom. The van der Waals surface area contributed by atoms with Crippen molar-refractivity contribution in [3.8, 4) is 0 Å². The highest BCUT2D eigenvalue weighted by atomic mass is 127. The second-order valence-electron chi connectivity index (χ2n) is 6.42. The van der Waals surface area contributed by atoms with Crippen LogP contribution in [0.25, 0.3) is 0 Å². The first-order chi connectivity index (χ1) is 10.0. The summed E-state index contributed by atoms with van der Waals surface area (Å²) in [5.41, 5.74) is 0.437. The zero-order valence-corrected chi connectivity index (χ0v) is 16.0. The summed E-state index contributed by atoms with van der Waals surface area (Å²) in [6.45, 7) is 4.73. The summed E-state index contributed by atoms with van der Waals surface area (Å²) in [6, 6.07) is 7.49. The van der Waals surface area contributed by atoms with Gasteiger partial charge < -0.3 is 10.6 Å². The second-order valence-corrected chi connectivity index (χ2v) is 6.42. The maximum Gasteiger partial charge on any atom is 0.191 e. The Morgan fingerprint density at radius 1 is 1.27 bits per heavy atom. The van der Waals surface area contributed by atoms with Crippen molar-refractivity contribution in [1.29, 1.82) is 0 Å². The second kappa shape index (κ2) is 8.70. The van der Waals surface area contributed by atoms with Gasteiger partial charge in [-0.2, -0.15) is 0 Å². The van der Waals surface area contributed by atoms with Crippen molar-refractivity contribution in [3.63, 3.8) is 0 Å². The Bertz CT molecular complexity index is 496. The Labute approximate surface area is 150 Å². The van der Waals surface area contributed by atoms with Crippen LogP contribution in [-0.2, 0) is 5.41 Å². The molecule has 2 rings (SSSR count). The first-order valence-electron chi connectivity index (χ1n) is 7.75. The van der Waals surface area contributed by atoms with Gasteiger partial charge in [-0.15, -0.1) is 24.0 Å². The lowest BCUT2D eigenvalue weighted by Gasteiger charge is -2.28. The van der Waals surface area contributed by atoms with E-state index in [4.69, 9.17) is 0 Å². The monoisotopic (exact) mass is 419 g/mol. The van der Waals surface area contributed by atoms with E-state index in [0.717, 1.165) is 11.5 Å². The summed E-state index contributed by atoms with van der Waals surface area (Å²) in [4.78, 5) is 4.27. The summed E-state index contributed by atoms with van der Waals surface area (Å²) in [5.74, 6) is 0.661. The molecule has 0 amide bonds. The third kappa shape index (κ3) is 5.11. The van der Waals surface area contributed by atoms with E-state index in [1.165, 1.54) is 31.7 Å². The van der Waals surface area contributed by atoms with Crippen molar-refractivity contribution >= 4 is 29.9 Å². The number of rotatable bonds is 4. The largest absolute Gasteiger partial charge is 0.356 e. The average molecular weight is 419 g/mol. The van der Waals surface area contributed by atoms with E-state index < -0.39 is 0 Å². The number of hydrogen-bond donors (Lipinski definition) is 2. The van der Waals surface area contributed by atoms with E-state index in [2.05, 4.69) is 15.6 Å². The molecule has 1 saturated carbocycles.